The molecule has 0 spiro atoms. The zero-order valence-electron chi connectivity index (χ0n) is 9.70. The third kappa shape index (κ3) is 2.17. The van der Waals surface area contributed by atoms with E-state index in [0.717, 1.165) is 10.9 Å². The minimum Gasteiger partial charge on any atom is -0.508 e. The monoisotopic (exact) mass is 215 g/mol. The zero-order valence-corrected chi connectivity index (χ0v) is 9.70. The highest BCUT2D eigenvalue weighted by molar-refractivity contribution is 5.87. The van der Waals surface area contributed by atoms with Crippen LogP contribution in [-0.2, 0) is 6.54 Å². The predicted molar refractivity (Wildman–Crippen MR) is 67.6 cm³/mol. The molecule has 0 aliphatic rings. The van der Waals surface area contributed by atoms with Gasteiger partial charge < -0.3 is 10.4 Å². The molecule has 0 bridgehead atoms. The summed E-state index contributed by atoms with van der Waals surface area (Å²) in [5.74, 6) is 0.367. The summed E-state index contributed by atoms with van der Waals surface area (Å²) >= 11 is 0. The molecule has 0 aliphatic carbocycles. The van der Waals surface area contributed by atoms with E-state index in [0.29, 0.717) is 18.3 Å². The number of hydrogen-bond donors (Lipinski definition) is 2. The number of aromatic hydroxyl groups is 1. The van der Waals surface area contributed by atoms with Crippen molar-refractivity contribution < 1.29 is 5.11 Å². The van der Waals surface area contributed by atoms with Gasteiger partial charge >= 0.3 is 0 Å². The lowest BCUT2D eigenvalue weighted by molar-refractivity contribution is 0.463. The van der Waals surface area contributed by atoms with Gasteiger partial charge in [0.2, 0.25) is 0 Å². The van der Waals surface area contributed by atoms with Crippen molar-refractivity contribution in [1.82, 2.24) is 5.32 Å². The molecule has 0 fully saturated rings. The lowest BCUT2D eigenvalue weighted by Gasteiger charge is -2.12. The quantitative estimate of drug-likeness (QED) is 0.824. The molecule has 0 saturated carbocycles. The summed E-state index contributed by atoms with van der Waals surface area (Å²) in [4.78, 5) is 0. The predicted octanol–water partition coefficient (Wildman–Crippen LogP) is 3.04. The van der Waals surface area contributed by atoms with Crippen molar-refractivity contribution in [2.24, 2.45) is 0 Å². The molecule has 0 saturated heterocycles. The molecule has 0 aliphatic heterocycles. The van der Waals surface area contributed by atoms with Gasteiger partial charge in [-0.15, -0.1) is 0 Å². The second-order valence-corrected chi connectivity index (χ2v) is 4.32. The first kappa shape index (κ1) is 11.0. The van der Waals surface area contributed by atoms with E-state index in [1.807, 2.05) is 24.3 Å². The van der Waals surface area contributed by atoms with Gasteiger partial charge in [0.05, 0.1) is 0 Å². The minimum atomic E-state index is 0.367. The van der Waals surface area contributed by atoms with Crippen molar-refractivity contribution in [1.29, 1.82) is 0 Å². The van der Waals surface area contributed by atoms with Crippen LogP contribution in [0.4, 0.5) is 0 Å². The largest absolute Gasteiger partial charge is 0.508 e. The van der Waals surface area contributed by atoms with Crippen LogP contribution in [0.5, 0.6) is 5.75 Å². The molecule has 2 aromatic rings. The summed E-state index contributed by atoms with van der Waals surface area (Å²) in [5.41, 5.74) is 0.979. The maximum Gasteiger partial charge on any atom is 0.120 e. The molecule has 0 radical (unpaired) electrons. The topological polar surface area (TPSA) is 32.3 Å². The smallest absolute Gasteiger partial charge is 0.120 e. The second-order valence-electron chi connectivity index (χ2n) is 4.32. The van der Waals surface area contributed by atoms with Gasteiger partial charge in [-0.05, 0) is 16.8 Å². The Labute approximate surface area is 95.9 Å². The summed E-state index contributed by atoms with van der Waals surface area (Å²) in [5, 5.41) is 15.5. The molecule has 2 nitrogen and oxygen atoms in total. The van der Waals surface area contributed by atoms with E-state index in [1.54, 1.807) is 6.07 Å². The summed E-state index contributed by atoms with van der Waals surface area (Å²) in [6.07, 6.45) is 0. The van der Waals surface area contributed by atoms with E-state index >= 15 is 0 Å². The molecular weight excluding hydrogens is 198 g/mol. The van der Waals surface area contributed by atoms with Crippen LogP contribution in [0, 0.1) is 0 Å². The van der Waals surface area contributed by atoms with Crippen molar-refractivity contribution >= 4 is 10.8 Å². The fraction of sp³-hybridized carbons (Fsp3) is 0.286. The molecule has 16 heavy (non-hydrogen) atoms. The van der Waals surface area contributed by atoms with Crippen molar-refractivity contribution in [2.75, 3.05) is 0 Å². The Balaban J connectivity index is 2.44. The van der Waals surface area contributed by atoms with Gasteiger partial charge in [-0.3, -0.25) is 0 Å². The third-order valence-corrected chi connectivity index (χ3v) is 2.70. The third-order valence-electron chi connectivity index (χ3n) is 2.70. The Morgan fingerprint density at radius 3 is 2.62 bits per heavy atom. The van der Waals surface area contributed by atoms with Gasteiger partial charge in [0.1, 0.15) is 5.75 Å². The van der Waals surface area contributed by atoms with Gasteiger partial charge in [-0.25, -0.2) is 0 Å². The molecule has 0 aromatic heterocycles. The molecule has 2 rings (SSSR count). The Bertz CT molecular complexity index is 491. The minimum absolute atomic E-state index is 0.367. The van der Waals surface area contributed by atoms with Crippen LogP contribution in [0.15, 0.2) is 36.4 Å². The first-order valence-corrected chi connectivity index (χ1v) is 5.61. The number of nitrogens with one attached hydrogen (secondary N) is 1. The molecule has 2 aromatic carbocycles. The number of hydrogen-bond acceptors (Lipinski definition) is 2. The van der Waals surface area contributed by atoms with Crippen LogP contribution in [0.2, 0.25) is 0 Å². The maximum atomic E-state index is 9.88. The molecule has 0 heterocycles. The van der Waals surface area contributed by atoms with Gasteiger partial charge in [0, 0.05) is 18.2 Å². The molecule has 0 atom stereocenters. The summed E-state index contributed by atoms with van der Waals surface area (Å²) in [6, 6.07) is 12.3. The first-order chi connectivity index (χ1) is 7.68. The standard InChI is InChI=1S/C14H17NO/c1-10(2)15-9-13-12-6-4-3-5-11(12)7-8-14(13)16/h3-8,10,15-16H,9H2,1-2H3. The molecule has 2 N–H and O–H groups in total. The zero-order chi connectivity index (χ0) is 11.5. The van der Waals surface area contributed by atoms with Crippen LogP contribution in [0.3, 0.4) is 0 Å². The number of phenols is 1. The van der Waals surface area contributed by atoms with E-state index in [4.69, 9.17) is 0 Å². The molecule has 0 unspecified atom stereocenters. The van der Waals surface area contributed by atoms with E-state index in [2.05, 4.69) is 25.2 Å². The van der Waals surface area contributed by atoms with E-state index in [-0.39, 0.29) is 0 Å². The second kappa shape index (κ2) is 4.54. The molecular formula is C14H17NO. The number of rotatable bonds is 3. The maximum absolute atomic E-state index is 9.88. The first-order valence-electron chi connectivity index (χ1n) is 5.61. The van der Waals surface area contributed by atoms with Crippen molar-refractivity contribution in [2.45, 2.75) is 26.4 Å². The average Bonchev–Trinajstić information content (AvgIpc) is 2.27. The normalized spacial score (nSPS) is 11.2. The Morgan fingerprint density at radius 2 is 1.88 bits per heavy atom. The van der Waals surface area contributed by atoms with Gasteiger partial charge in [0.25, 0.3) is 0 Å². The fourth-order valence-electron chi connectivity index (χ4n) is 1.82. The average molecular weight is 215 g/mol. The summed E-state index contributed by atoms with van der Waals surface area (Å²) < 4.78 is 0. The Hall–Kier alpha value is -1.54. The molecule has 0 amide bonds. The highest BCUT2D eigenvalue weighted by Gasteiger charge is 2.06. The van der Waals surface area contributed by atoms with Crippen molar-refractivity contribution in [3.63, 3.8) is 0 Å². The Kier molecular flexibility index (Phi) is 3.11. The van der Waals surface area contributed by atoms with Crippen LogP contribution in [0.1, 0.15) is 19.4 Å². The van der Waals surface area contributed by atoms with Gasteiger partial charge in [-0.1, -0.05) is 44.2 Å². The van der Waals surface area contributed by atoms with Crippen molar-refractivity contribution in [3.05, 3.63) is 42.0 Å². The van der Waals surface area contributed by atoms with E-state index < -0.39 is 0 Å². The summed E-state index contributed by atoms with van der Waals surface area (Å²) in [7, 11) is 0. The van der Waals surface area contributed by atoms with Crippen LogP contribution in [-0.4, -0.2) is 11.1 Å². The molecule has 2 heteroatoms. The van der Waals surface area contributed by atoms with Crippen LogP contribution >= 0.6 is 0 Å². The van der Waals surface area contributed by atoms with E-state index in [1.165, 1.54) is 5.39 Å². The fourth-order valence-corrected chi connectivity index (χ4v) is 1.82. The summed E-state index contributed by atoms with van der Waals surface area (Å²) in [6.45, 7) is 4.90. The van der Waals surface area contributed by atoms with Gasteiger partial charge in [-0.2, -0.15) is 0 Å². The van der Waals surface area contributed by atoms with Gasteiger partial charge in [0.15, 0.2) is 0 Å². The lowest BCUT2D eigenvalue weighted by atomic mass is 10.0. The number of fused-ring (bicyclic) bond motifs is 1. The highest BCUT2D eigenvalue weighted by Crippen LogP contribution is 2.26. The number of phenolic OH excluding ortho intramolecular Hbond substituents is 1. The lowest BCUT2D eigenvalue weighted by Crippen LogP contribution is -2.21. The Morgan fingerprint density at radius 1 is 1.12 bits per heavy atom. The van der Waals surface area contributed by atoms with E-state index in [9.17, 15) is 5.11 Å². The number of benzene rings is 2. The molecule has 84 valence electrons. The van der Waals surface area contributed by atoms with Crippen LogP contribution < -0.4 is 5.32 Å². The SMILES string of the molecule is CC(C)NCc1c(O)ccc2ccccc12. The van der Waals surface area contributed by atoms with Crippen molar-refractivity contribution in [3.8, 4) is 5.75 Å². The van der Waals surface area contributed by atoms with Crippen LogP contribution in [0.25, 0.3) is 10.8 Å². The highest BCUT2D eigenvalue weighted by atomic mass is 16.3.